The number of nitrogens with one attached hydrogen (secondary N) is 3. The quantitative estimate of drug-likeness (QED) is 0.384. The average Bonchev–Trinajstić information content (AvgIpc) is 3.45. The number of para-hydroxylation sites is 1. The Bertz CT molecular complexity index is 1010. The smallest absolute Gasteiger partial charge is 0.191 e. The van der Waals surface area contributed by atoms with Gasteiger partial charge in [-0.25, -0.2) is 0 Å². The van der Waals surface area contributed by atoms with Crippen LogP contribution in [0.1, 0.15) is 18.9 Å². The third kappa shape index (κ3) is 5.32. The molecular formula is C25H33N5O. The van der Waals surface area contributed by atoms with Gasteiger partial charge >= 0.3 is 0 Å². The topological polar surface area (TPSA) is 64.7 Å². The standard InChI is InChI=1S/C25H33N5O/c1-3-26-25(27-13-11-20-17-28-24-10-5-4-9-23(20)24)29-16-19-12-14-30(18-19)21-7-6-8-22(15-21)31-2/h4-10,15,17,19,28H,3,11-14,16,18H2,1-2H3,(H2,26,27,29). The third-order valence-corrected chi connectivity index (χ3v) is 5.92. The first-order chi connectivity index (χ1) is 15.3. The average molecular weight is 420 g/mol. The van der Waals surface area contributed by atoms with Gasteiger partial charge in [-0.3, -0.25) is 4.99 Å². The number of nitrogens with zero attached hydrogens (tertiary/aromatic N) is 2. The molecule has 31 heavy (non-hydrogen) atoms. The monoisotopic (exact) mass is 419 g/mol. The Kier molecular flexibility index (Phi) is 6.97. The van der Waals surface area contributed by atoms with E-state index in [0.29, 0.717) is 5.92 Å². The number of ether oxygens (including phenoxy) is 1. The number of aromatic nitrogens is 1. The van der Waals surface area contributed by atoms with Gasteiger partial charge in [0, 0.05) is 61.6 Å². The highest BCUT2D eigenvalue weighted by Crippen LogP contribution is 2.27. The zero-order valence-corrected chi connectivity index (χ0v) is 18.5. The lowest BCUT2D eigenvalue weighted by Crippen LogP contribution is -2.38. The van der Waals surface area contributed by atoms with Crippen molar-refractivity contribution in [3.63, 3.8) is 0 Å². The van der Waals surface area contributed by atoms with Crippen LogP contribution in [0.3, 0.4) is 0 Å². The van der Waals surface area contributed by atoms with Crippen LogP contribution >= 0.6 is 0 Å². The van der Waals surface area contributed by atoms with E-state index >= 15 is 0 Å². The van der Waals surface area contributed by atoms with Gasteiger partial charge in [0.1, 0.15) is 5.75 Å². The van der Waals surface area contributed by atoms with Crippen molar-refractivity contribution in [2.24, 2.45) is 10.9 Å². The Labute approximate surface area is 184 Å². The van der Waals surface area contributed by atoms with Gasteiger partial charge in [0.05, 0.1) is 7.11 Å². The van der Waals surface area contributed by atoms with Crippen LogP contribution in [0.5, 0.6) is 5.75 Å². The van der Waals surface area contributed by atoms with Gasteiger partial charge in [0.2, 0.25) is 0 Å². The molecule has 0 amide bonds. The third-order valence-electron chi connectivity index (χ3n) is 5.92. The Morgan fingerprint density at radius 2 is 2.10 bits per heavy atom. The molecule has 2 aromatic carbocycles. The second-order valence-electron chi connectivity index (χ2n) is 8.06. The molecule has 3 N–H and O–H groups in total. The van der Waals surface area contributed by atoms with Crippen LogP contribution < -0.4 is 20.3 Å². The number of hydrogen-bond acceptors (Lipinski definition) is 3. The molecule has 1 aliphatic heterocycles. The summed E-state index contributed by atoms with van der Waals surface area (Å²) in [5, 5.41) is 8.18. The summed E-state index contributed by atoms with van der Waals surface area (Å²) < 4.78 is 5.37. The van der Waals surface area contributed by atoms with E-state index in [2.05, 4.69) is 76.1 Å². The molecule has 4 rings (SSSR count). The van der Waals surface area contributed by atoms with Gasteiger partial charge in [-0.15, -0.1) is 0 Å². The van der Waals surface area contributed by atoms with E-state index in [1.165, 1.54) is 22.2 Å². The van der Waals surface area contributed by atoms with Gasteiger partial charge in [-0.1, -0.05) is 24.3 Å². The number of aromatic amines is 1. The van der Waals surface area contributed by atoms with Crippen molar-refractivity contribution in [1.29, 1.82) is 0 Å². The van der Waals surface area contributed by atoms with Crippen molar-refractivity contribution in [1.82, 2.24) is 15.6 Å². The molecule has 0 saturated carbocycles. The molecule has 0 bridgehead atoms. The van der Waals surface area contributed by atoms with Crippen molar-refractivity contribution in [2.45, 2.75) is 19.8 Å². The number of methoxy groups -OCH3 is 1. The zero-order chi connectivity index (χ0) is 21.5. The number of rotatable bonds is 8. The van der Waals surface area contributed by atoms with Gasteiger partial charge in [-0.2, -0.15) is 0 Å². The van der Waals surface area contributed by atoms with Crippen LogP contribution in [0.15, 0.2) is 59.7 Å². The molecule has 1 saturated heterocycles. The second kappa shape index (κ2) is 10.2. The van der Waals surface area contributed by atoms with E-state index in [4.69, 9.17) is 9.73 Å². The van der Waals surface area contributed by atoms with Crippen LogP contribution in [0.4, 0.5) is 5.69 Å². The summed E-state index contributed by atoms with van der Waals surface area (Å²) in [7, 11) is 1.72. The minimum atomic E-state index is 0.565. The van der Waals surface area contributed by atoms with E-state index in [0.717, 1.165) is 57.3 Å². The normalized spacial score (nSPS) is 16.6. The number of H-pyrrole nitrogens is 1. The largest absolute Gasteiger partial charge is 0.497 e. The highest BCUT2D eigenvalue weighted by Gasteiger charge is 2.22. The van der Waals surface area contributed by atoms with Gasteiger partial charge < -0.3 is 25.3 Å². The van der Waals surface area contributed by atoms with Gasteiger partial charge in [0.15, 0.2) is 5.96 Å². The van der Waals surface area contributed by atoms with Crippen molar-refractivity contribution in [3.8, 4) is 5.75 Å². The number of fused-ring (bicyclic) bond motifs is 1. The SMILES string of the molecule is CCNC(=NCC1CCN(c2cccc(OC)c2)C1)NCCc1c[nH]c2ccccc12. The van der Waals surface area contributed by atoms with Crippen molar-refractivity contribution in [3.05, 3.63) is 60.3 Å². The number of benzene rings is 2. The predicted molar refractivity (Wildman–Crippen MR) is 129 cm³/mol. The molecule has 6 nitrogen and oxygen atoms in total. The first-order valence-electron chi connectivity index (χ1n) is 11.2. The molecule has 1 aromatic heterocycles. The van der Waals surface area contributed by atoms with Crippen LogP contribution in [0.2, 0.25) is 0 Å². The molecule has 164 valence electrons. The molecule has 6 heteroatoms. The number of guanidine groups is 1. The van der Waals surface area contributed by atoms with E-state index < -0.39 is 0 Å². The first kappa shape index (κ1) is 21.1. The van der Waals surface area contributed by atoms with E-state index in [1.807, 2.05) is 6.07 Å². The minimum absolute atomic E-state index is 0.565. The summed E-state index contributed by atoms with van der Waals surface area (Å²) in [6.45, 7) is 6.76. The maximum atomic E-state index is 5.37. The lowest BCUT2D eigenvalue weighted by molar-refractivity contribution is 0.415. The van der Waals surface area contributed by atoms with Gasteiger partial charge in [0.25, 0.3) is 0 Å². The lowest BCUT2D eigenvalue weighted by atomic mass is 10.1. The number of anilines is 1. The van der Waals surface area contributed by atoms with Crippen LogP contribution in [0.25, 0.3) is 10.9 Å². The summed E-state index contributed by atoms with van der Waals surface area (Å²) in [4.78, 5) is 10.7. The summed E-state index contributed by atoms with van der Waals surface area (Å²) >= 11 is 0. The Hall–Kier alpha value is -3.15. The van der Waals surface area contributed by atoms with E-state index in [-0.39, 0.29) is 0 Å². The summed E-state index contributed by atoms with van der Waals surface area (Å²) in [6, 6.07) is 16.8. The molecular weight excluding hydrogens is 386 g/mol. The molecule has 1 atom stereocenters. The van der Waals surface area contributed by atoms with Crippen LogP contribution in [0, 0.1) is 5.92 Å². The minimum Gasteiger partial charge on any atom is -0.497 e. The molecule has 0 aliphatic carbocycles. The number of hydrogen-bond donors (Lipinski definition) is 3. The first-order valence-corrected chi connectivity index (χ1v) is 11.2. The zero-order valence-electron chi connectivity index (χ0n) is 18.5. The molecule has 3 aromatic rings. The highest BCUT2D eigenvalue weighted by molar-refractivity contribution is 5.83. The fourth-order valence-corrected chi connectivity index (χ4v) is 4.24. The van der Waals surface area contributed by atoms with Crippen molar-refractivity contribution >= 4 is 22.5 Å². The Morgan fingerprint density at radius 1 is 1.19 bits per heavy atom. The molecule has 1 unspecified atom stereocenters. The molecule has 0 spiro atoms. The summed E-state index contributed by atoms with van der Waals surface area (Å²) in [5.41, 5.74) is 3.76. The fraction of sp³-hybridized carbons (Fsp3) is 0.400. The molecule has 0 radical (unpaired) electrons. The molecule has 1 aliphatic rings. The van der Waals surface area contributed by atoms with Crippen molar-refractivity contribution in [2.75, 3.05) is 44.7 Å². The molecule has 2 heterocycles. The van der Waals surface area contributed by atoms with E-state index in [1.54, 1.807) is 7.11 Å². The summed E-state index contributed by atoms with van der Waals surface area (Å²) in [5.74, 6) is 2.38. The maximum absolute atomic E-state index is 5.37. The Morgan fingerprint density at radius 3 is 2.97 bits per heavy atom. The fourth-order valence-electron chi connectivity index (χ4n) is 4.24. The van der Waals surface area contributed by atoms with E-state index in [9.17, 15) is 0 Å². The summed E-state index contributed by atoms with van der Waals surface area (Å²) in [6.07, 6.45) is 4.24. The highest BCUT2D eigenvalue weighted by atomic mass is 16.5. The van der Waals surface area contributed by atoms with Crippen molar-refractivity contribution < 1.29 is 4.74 Å². The lowest BCUT2D eigenvalue weighted by Gasteiger charge is -2.19. The van der Waals surface area contributed by atoms with Crippen LogP contribution in [-0.2, 0) is 6.42 Å². The predicted octanol–water partition coefficient (Wildman–Crippen LogP) is 3.80. The Balaban J connectivity index is 1.29. The number of aliphatic imine (C=N–C) groups is 1. The molecule has 1 fully saturated rings. The maximum Gasteiger partial charge on any atom is 0.191 e. The van der Waals surface area contributed by atoms with Crippen LogP contribution in [-0.4, -0.2) is 50.8 Å². The second-order valence-corrected chi connectivity index (χ2v) is 8.06. The van der Waals surface area contributed by atoms with Gasteiger partial charge in [-0.05, 0) is 49.4 Å².